The molecule has 0 bridgehead atoms. The minimum atomic E-state index is 0. The van der Waals surface area contributed by atoms with Crippen LogP contribution >= 0.6 is 24.2 Å². The van der Waals surface area contributed by atoms with Crippen LogP contribution in [-0.2, 0) is 5.75 Å². The Kier molecular flexibility index (Phi) is 5.70. The van der Waals surface area contributed by atoms with Crippen molar-refractivity contribution in [1.82, 2.24) is 4.90 Å². The second kappa shape index (κ2) is 7.77. The Morgan fingerprint density at radius 2 is 1.79 bits per heavy atom. The van der Waals surface area contributed by atoms with Crippen molar-refractivity contribution in [2.24, 2.45) is 5.92 Å². The number of nitrogens with zero attached hydrogens (tertiary/aromatic N) is 1. The zero-order valence-electron chi connectivity index (χ0n) is 14.1. The Hall–Kier alpha value is -1.22. The van der Waals surface area contributed by atoms with Crippen molar-refractivity contribution in [2.45, 2.75) is 23.5 Å². The topological polar surface area (TPSA) is 3.24 Å². The predicted molar refractivity (Wildman–Crippen MR) is 107 cm³/mol. The normalized spacial score (nSPS) is 22.2. The fraction of sp³-hybridized carbons (Fsp3) is 0.333. The summed E-state index contributed by atoms with van der Waals surface area (Å²) in [5, 5.41) is 0. The zero-order valence-corrected chi connectivity index (χ0v) is 15.7. The first kappa shape index (κ1) is 17.6. The van der Waals surface area contributed by atoms with Gasteiger partial charge in [-0.1, -0.05) is 48.5 Å². The molecule has 0 aromatic heterocycles. The van der Waals surface area contributed by atoms with Crippen LogP contribution in [0.15, 0.2) is 59.5 Å². The summed E-state index contributed by atoms with van der Waals surface area (Å²) in [4.78, 5) is 3.88. The number of hydrogen-bond acceptors (Lipinski definition) is 2. The molecule has 2 aromatic rings. The van der Waals surface area contributed by atoms with E-state index >= 15 is 0 Å². The lowest BCUT2D eigenvalue weighted by Gasteiger charge is -2.28. The number of rotatable bonds is 1. The lowest BCUT2D eigenvalue weighted by molar-refractivity contribution is 0.238. The summed E-state index contributed by atoms with van der Waals surface area (Å²) in [6.45, 7) is 2.42. The van der Waals surface area contributed by atoms with E-state index in [4.69, 9.17) is 0 Å². The van der Waals surface area contributed by atoms with Gasteiger partial charge in [-0.05, 0) is 60.7 Å². The van der Waals surface area contributed by atoms with Gasteiger partial charge in [0.15, 0.2) is 0 Å². The third-order valence-electron chi connectivity index (χ3n) is 4.93. The molecule has 1 fully saturated rings. The molecular formula is C21H24ClNS. The minimum absolute atomic E-state index is 0. The first-order valence-electron chi connectivity index (χ1n) is 8.52. The highest BCUT2D eigenvalue weighted by Gasteiger charge is 2.21. The molecule has 24 heavy (non-hydrogen) atoms. The number of likely N-dealkylation sites (tertiary alicyclic amines) is 1. The number of fused-ring (bicyclic) bond motifs is 2. The molecular weight excluding hydrogens is 334 g/mol. The number of halogens is 1. The highest BCUT2D eigenvalue weighted by atomic mass is 35.5. The smallest absolute Gasteiger partial charge is 0.0238 e. The van der Waals surface area contributed by atoms with Gasteiger partial charge in [0.25, 0.3) is 0 Å². The van der Waals surface area contributed by atoms with E-state index in [1.807, 2.05) is 11.8 Å². The first-order valence-corrected chi connectivity index (χ1v) is 9.50. The summed E-state index contributed by atoms with van der Waals surface area (Å²) in [5.74, 6) is 1.72. The highest BCUT2D eigenvalue weighted by Crippen LogP contribution is 2.40. The van der Waals surface area contributed by atoms with E-state index in [0.717, 1.165) is 5.75 Å². The zero-order chi connectivity index (χ0) is 15.6. The molecule has 2 aromatic carbocycles. The van der Waals surface area contributed by atoms with Crippen LogP contribution in [0, 0.1) is 5.92 Å². The molecule has 1 nitrogen and oxygen atoms in total. The quantitative estimate of drug-likeness (QED) is 0.664. The first-order chi connectivity index (χ1) is 11.3. The molecule has 1 atom stereocenters. The highest BCUT2D eigenvalue weighted by molar-refractivity contribution is 7.98. The van der Waals surface area contributed by atoms with Gasteiger partial charge in [-0.25, -0.2) is 0 Å². The van der Waals surface area contributed by atoms with Crippen LogP contribution in [0.5, 0.6) is 0 Å². The van der Waals surface area contributed by atoms with Crippen molar-refractivity contribution in [3.8, 4) is 0 Å². The average molecular weight is 358 g/mol. The Morgan fingerprint density at radius 1 is 1.04 bits per heavy atom. The molecule has 4 rings (SSSR count). The van der Waals surface area contributed by atoms with E-state index in [2.05, 4.69) is 66.6 Å². The van der Waals surface area contributed by atoms with Crippen molar-refractivity contribution in [1.29, 1.82) is 0 Å². The molecule has 0 amide bonds. The number of benzene rings is 2. The molecule has 2 aliphatic rings. The molecule has 2 aliphatic heterocycles. The second-order valence-corrected chi connectivity index (χ2v) is 7.70. The van der Waals surface area contributed by atoms with Gasteiger partial charge >= 0.3 is 0 Å². The van der Waals surface area contributed by atoms with Crippen molar-refractivity contribution in [3.63, 3.8) is 0 Å². The summed E-state index contributed by atoms with van der Waals surface area (Å²) < 4.78 is 0. The van der Waals surface area contributed by atoms with Gasteiger partial charge in [0.2, 0.25) is 0 Å². The SMILES string of the molecule is CN1CCCC(/C=C2\c3ccccc3CSc3ccccc32)C1.Cl. The van der Waals surface area contributed by atoms with Gasteiger partial charge < -0.3 is 4.90 Å². The molecule has 1 saturated heterocycles. The Labute approximate surface area is 155 Å². The molecule has 0 N–H and O–H groups in total. The van der Waals surface area contributed by atoms with Crippen molar-refractivity contribution in [3.05, 3.63) is 71.3 Å². The lowest BCUT2D eigenvalue weighted by atomic mass is 9.88. The molecule has 0 radical (unpaired) electrons. The summed E-state index contributed by atoms with van der Waals surface area (Å²) in [6, 6.07) is 17.8. The Morgan fingerprint density at radius 3 is 2.62 bits per heavy atom. The largest absolute Gasteiger partial charge is 0.306 e. The maximum absolute atomic E-state index is 2.55. The minimum Gasteiger partial charge on any atom is -0.306 e. The molecule has 0 saturated carbocycles. The van der Waals surface area contributed by atoms with E-state index in [9.17, 15) is 0 Å². The maximum Gasteiger partial charge on any atom is 0.0238 e. The van der Waals surface area contributed by atoms with Crippen LogP contribution in [0.2, 0.25) is 0 Å². The number of thioether (sulfide) groups is 1. The number of hydrogen-bond donors (Lipinski definition) is 0. The van der Waals surface area contributed by atoms with Crippen LogP contribution in [0.4, 0.5) is 0 Å². The summed E-state index contributed by atoms with van der Waals surface area (Å²) in [6.07, 6.45) is 5.17. The van der Waals surface area contributed by atoms with E-state index in [1.54, 1.807) is 0 Å². The molecule has 3 heteroatoms. The third-order valence-corrected chi connectivity index (χ3v) is 6.05. The van der Waals surface area contributed by atoms with Crippen LogP contribution in [0.3, 0.4) is 0 Å². The molecule has 0 aliphatic carbocycles. The fourth-order valence-corrected chi connectivity index (χ4v) is 4.85. The Bertz CT molecular complexity index is 691. The van der Waals surface area contributed by atoms with Crippen molar-refractivity contribution < 1.29 is 0 Å². The summed E-state index contributed by atoms with van der Waals surface area (Å²) in [7, 11) is 2.25. The molecule has 2 heterocycles. The molecule has 1 unspecified atom stereocenters. The van der Waals surface area contributed by atoms with Gasteiger partial charge in [-0.15, -0.1) is 24.2 Å². The van der Waals surface area contributed by atoms with E-state index in [0.29, 0.717) is 5.92 Å². The van der Waals surface area contributed by atoms with Gasteiger partial charge in [0.1, 0.15) is 0 Å². The average Bonchev–Trinajstić information content (AvgIpc) is 2.73. The molecule has 0 spiro atoms. The fourth-order valence-electron chi connectivity index (χ4n) is 3.78. The van der Waals surface area contributed by atoms with Crippen LogP contribution in [-0.4, -0.2) is 25.0 Å². The van der Waals surface area contributed by atoms with Crippen molar-refractivity contribution >= 4 is 29.7 Å². The third kappa shape index (κ3) is 3.56. The van der Waals surface area contributed by atoms with Gasteiger partial charge in [0, 0.05) is 17.2 Å². The number of piperidine rings is 1. The maximum atomic E-state index is 2.55. The lowest BCUT2D eigenvalue weighted by Crippen LogP contribution is -2.31. The standard InChI is InChI=1S/C21H23NS.ClH/c1-22-12-6-7-16(14-22)13-20-18-9-3-2-8-17(18)15-23-21-11-5-4-10-19(20)21;/h2-5,8-11,13,16H,6-7,12,14-15H2,1H3;1H/b20-13+;. The molecule has 126 valence electrons. The second-order valence-electron chi connectivity index (χ2n) is 6.69. The predicted octanol–water partition coefficient (Wildman–Crippen LogP) is 5.49. The van der Waals surface area contributed by atoms with E-state index in [-0.39, 0.29) is 12.4 Å². The summed E-state index contributed by atoms with van der Waals surface area (Å²) in [5.41, 5.74) is 5.75. The van der Waals surface area contributed by atoms with Crippen LogP contribution in [0.25, 0.3) is 5.57 Å². The van der Waals surface area contributed by atoms with Crippen molar-refractivity contribution in [2.75, 3.05) is 20.1 Å². The Balaban J connectivity index is 0.00000169. The van der Waals surface area contributed by atoms with E-state index in [1.165, 1.54) is 53.1 Å². The summed E-state index contributed by atoms with van der Waals surface area (Å²) >= 11 is 1.97. The van der Waals surface area contributed by atoms with E-state index < -0.39 is 0 Å². The monoisotopic (exact) mass is 357 g/mol. The van der Waals surface area contributed by atoms with Gasteiger partial charge in [-0.3, -0.25) is 0 Å². The van der Waals surface area contributed by atoms with Gasteiger partial charge in [0.05, 0.1) is 0 Å². The van der Waals surface area contributed by atoms with Gasteiger partial charge in [-0.2, -0.15) is 0 Å². The van der Waals surface area contributed by atoms with Crippen LogP contribution < -0.4 is 0 Å². The van der Waals surface area contributed by atoms with Crippen LogP contribution in [0.1, 0.15) is 29.5 Å².